The average Bonchev–Trinajstić information content (AvgIpc) is 2.37. The van der Waals surface area contributed by atoms with Crippen molar-refractivity contribution in [2.75, 3.05) is 11.9 Å². The molecular formula is C14H15ClN2O. The van der Waals surface area contributed by atoms with Gasteiger partial charge in [0.25, 0.3) is 0 Å². The lowest BCUT2D eigenvalue weighted by Gasteiger charge is -2.08. The predicted molar refractivity (Wildman–Crippen MR) is 74.2 cm³/mol. The van der Waals surface area contributed by atoms with Gasteiger partial charge in [0.05, 0.1) is 0 Å². The first-order chi connectivity index (χ1) is 8.78. The van der Waals surface area contributed by atoms with E-state index >= 15 is 0 Å². The first-order valence-corrected chi connectivity index (χ1v) is 6.23. The Hall–Kier alpha value is -1.74. The summed E-state index contributed by atoms with van der Waals surface area (Å²) < 4.78 is 5.67. The number of pyridine rings is 1. The van der Waals surface area contributed by atoms with Crippen molar-refractivity contribution < 1.29 is 4.74 Å². The van der Waals surface area contributed by atoms with Crippen molar-refractivity contribution in [1.29, 1.82) is 0 Å². The Balaban J connectivity index is 1.99. The minimum Gasteiger partial charge on any atom is -0.489 e. The van der Waals surface area contributed by atoms with Crippen LogP contribution in [0.2, 0.25) is 5.02 Å². The van der Waals surface area contributed by atoms with E-state index in [-0.39, 0.29) is 0 Å². The quantitative estimate of drug-likeness (QED) is 0.891. The number of aromatic nitrogens is 1. The monoisotopic (exact) mass is 262 g/mol. The molecule has 0 fully saturated rings. The number of hydrogen-bond acceptors (Lipinski definition) is 3. The lowest BCUT2D eigenvalue weighted by molar-refractivity contribution is 0.306. The van der Waals surface area contributed by atoms with Gasteiger partial charge < -0.3 is 10.1 Å². The van der Waals surface area contributed by atoms with Gasteiger partial charge in [0.2, 0.25) is 0 Å². The van der Waals surface area contributed by atoms with E-state index in [1.807, 2.05) is 37.3 Å². The van der Waals surface area contributed by atoms with Crippen LogP contribution in [0.1, 0.15) is 12.5 Å². The summed E-state index contributed by atoms with van der Waals surface area (Å²) in [5.74, 6) is 1.63. The molecule has 0 aliphatic heterocycles. The summed E-state index contributed by atoms with van der Waals surface area (Å²) in [6.45, 7) is 3.39. The summed E-state index contributed by atoms with van der Waals surface area (Å²) in [6.07, 6.45) is 1.77. The molecule has 0 atom stereocenters. The normalized spacial score (nSPS) is 10.1. The van der Waals surface area contributed by atoms with Gasteiger partial charge in [-0.15, -0.1) is 0 Å². The molecule has 0 unspecified atom stereocenters. The predicted octanol–water partition coefficient (Wildman–Crippen LogP) is 3.75. The fourth-order valence-electron chi connectivity index (χ4n) is 1.57. The molecule has 0 aliphatic carbocycles. The Morgan fingerprint density at radius 2 is 2.17 bits per heavy atom. The largest absolute Gasteiger partial charge is 0.489 e. The number of halogens is 1. The third kappa shape index (κ3) is 3.64. The Kier molecular flexibility index (Phi) is 4.42. The number of hydrogen-bond donors (Lipinski definition) is 1. The van der Waals surface area contributed by atoms with Crippen LogP contribution in [-0.2, 0) is 6.61 Å². The van der Waals surface area contributed by atoms with Crippen LogP contribution < -0.4 is 10.1 Å². The van der Waals surface area contributed by atoms with Gasteiger partial charge in [-0.25, -0.2) is 4.98 Å². The van der Waals surface area contributed by atoms with Gasteiger partial charge >= 0.3 is 0 Å². The third-order valence-corrected chi connectivity index (χ3v) is 2.62. The maximum absolute atomic E-state index is 5.89. The highest BCUT2D eigenvalue weighted by Crippen LogP contribution is 2.18. The molecule has 0 aliphatic rings. The van der Waals surface area contributed by atoms with Crippen molar-refractivity contribution in [2.45, 2.75) is 13.5 Å². The summed E-state index contributed by atoms with van der Waals surface area (Å²) >= 11 is 5.89. The SMILES string of the molecule is CCNc1cc(COc2cccc(Cl)c2)ccn1. The second-order valence-electron chi connectivity index (χ2n) is 3.83. The van der Waals surface area contributed by atoms with E-state index < -0.39 is 0 Å². The Morgan fingerprint density at radius 3 is 2.94 bits per heavy atom. The van der Waals surface area contributed by atoms with Gasteiger partial charge in [0, 0.05) is 17.8 Å². The van der Waals surface area contributed by atoms with Crippen LogP contribution in [0, 0.1) is 0 Å². The topological polar surface area (TPSA) is 34.1 Å². The summed E-state index contributed by atoms with van der Waals surface area (Å²) in [5.41, 5.74) is 1.07. The Labute approximate surface area is 112 Å². The number of nitrogens with zero attached hydrogens (tertiary/aromatic N) is 1. The molecule has 18 heavy (non-hydrogen) atoms. The van der Waals surface area contributed by atoms with Crippen LogP contribution in [0.5, 0.6) is 5.75 Å². The van der Waals surface area contributed by atoms with Crippen molar-refractivity contribution in [2.24, 2.45) is 0 Å². The van der Waals surface area contributed by atoms with Gasteiger partial charge in [-0.1, -0.05) is 17.7 Å². The van der Waals surface area contributed by atoms with Crippen LogP contribution in [-0.4, -0.2) is 11.5 Å². The molecule has 0 amide bonds. The molecule has 0 radical (unpaired) electrons. The second kappa shape index (κ2) is 6.26. The minimum atomic E-state index is 0.501. The van der Waals surface area contributed by atoms with Gasteiger partial charge in [0.1, 0.15) is 18.2 Å². The zero-order valence-corrected chi connectivity index (χ0v) is 10.9. The summed E-state index contributed by atoms with van der Waals surface area (Å²) in [6, 6.07) is 11.3. The van der Waals surface area contributed by atoms with E-state index in [4.69, 9.17) is 16.3 Å². The average molecular weight is 263 g/mol. The van der Waals surface area contributed by atoms with Crippen molar-refractivity contribution in [1.82, 2.24) is 4.98 Å². The standard InChI is InChI=1S/C14H15ClN2O/c1-2-16-14-8-11(6-7-17-14)10-18-13-5-3-4-12(15)9-13/h3-9H,2,10H2,1H3,(H,16,17). The van der Waals surface area contributed by atoms with E-state index in [0.29, 0.717) is 11.6 Å². The fraction of sp³-hybridized carbons (Fsp3) is 0.214. The fourth-order valence-corrected chi connectivity index (χ4v) is 1.75. The van der Waals surface area contributed by atoms with Gasteiger partial charge in [-0.2, -0.15) is 0 Å². The van der Waals surface area contributed by atoms with Crippen molar-refractivity contribution in [3.63, 3.8) is 0 Å². The summed E-state index contributed by atoms with van der Waals surface area (Å²) in [7, 11) is 0. The highest BCUT2D eigenvalue weighted by Gasteiger charge is 1.99. The molecule has 1 aromatic carbocycles. The van der Waals surface area contributed by atoms with Crippen molar-refractivity contribution >= 4 is 17.4 Å². The van der Waals surface area contributed by atoms with E-state index in [0.717, 1.165) is 23.7 Å². The zero-order valence-electron chi connectivity index (χ0n) is 10.2. The molecular weight excluding hydrogens is 248 g/mol. The van der Waals surface area contributed by atoms with E-state index in [9.17, 15) is 0 Å². The van der Waals surface area contributed by atoms with Crippen LogP contribution in [0.15, 0.2) is 42.6 Å². The van der Waals surface area contributed by atoms with Gasteiger partial charge in [-0.05, 0) is 42.8 Å². The van der Waals surface area contributed by atoms with Crippen molar-refractivity contribution in [3.8, 4) is 5.75 Å². The lowest BCUT2D eigenvalue weighted by Crippen LogP contribution is -2.01. The molecule has 94 valence electrons. The summed E-state index contributed by atoms with van der Waals surface area (Å²) in [4.78, 5) is 4.21. The third-order valence-electron chi connectivity index (χ3n) is 2.38. The van der Waals surface area contributed by atoms with Crippen molar-refractivity contribution in [3.05, 3.63) is 53.2 Å². The lowest BCUT2D eigenvalue weighted by atomic mass is 10.2. The van der Waals surface area contributed by atoms with E-state index in [1.54, 1.807) is 12.3 Å². The molecule has 0 bridgehead atoms. The molecule has 2 aromatic rings. The molecule has 0 spiro atoms. The first-order valence-electron chi connectivity index (χ1n) is 5.85. The summed E-state index contributed by atoms with van der Waals surface area (Å²) in [5, 5.41) is 3.84. The zero-order chi connectivity index (χ0) is 12.8. The molecule has 2 rings (SSSR count). The second-order valence-corrected chi connectivity index (χ2v) is 4.26. The van der Waals surface area contributed by atoms with Crippen LogP contribution in [0.25, 0.3) is 0 Å². The van der Waals surface area contributed by atoms with Gasteiger partial charge in [-0.3, -0.25) is 0 Å². The highest BCUT2D eigenvalue weighted by molar-refractivity contribution is 6.30. The van der Waals surface area contributed by atoms with Crippen LogP contribution in [0.3, 0.4) is 0 Å². The number of benzene rings is 1. The van der Waals surface area contributed by atoms with Crippen LogP contribution >= 0.6 is 11.6 Å². The smallest absolute Gasteiger partial charge is 0.126 e. The number of nitrogens with one attached hydrogen (secondary N) is 1. The minimum absolute atomic E-state index is 0.501. The Bertz CT molecular complexity index is 517. The Morgan fingerprint density at radius 1 is 1.28 bits per heavy atom. The number of ether oxygens (including phenoxy) is 1. The molecule has 1 aromatic heterocycles. The molecule has 4 heteroatoms. The maximum Gasteiger partial charge on any atom is 0.126 e. The highest BCUT2D eigenvalue weighted by atomic mass is 35.5. The molecule has 1 N–H and O–H groups in total. The van der Waals surface area contributed by atoms with Gasteiger partial charge in [0.15, 0.2) is 0 Å². The number of rotatable bonds is 5. The first kappa shape index (κ1) is 12.7. The molecule has 1 heterocycles. The van der Waals surface area contributed by atoms with E-state index in [1.165, 1.54) is 0 Å². The molecule has 3 nitrogen and oxygen atoms in total. The van der Waals surface area contributed by atoms with Crippen LogP contribution in [0.4, 0.5) is 5.82 Å². The maximum atomic E-state index is 5.89. The number of anilines is 1. The van der Waals surface area contributed by atoms with E-state index in [2.05, 4.69) is 10.3 Å². The molecule has 0 saturated carbocycles. The molecule has 0 saturated heterocycles.